The molecule has 0 aliphatic rings. The predicted molar refractivity (Wildman–Crippen MR) is 88.2 cm³/mol. The molecule has 2 aromatic carbocycles. The Bertz CT molecular complexity index is 683. The van der Waals surface area contributed by atoms with Crippen LogP contribution in [0.5, 0.6) is 11.5 Å². The third-order valence-corrected chi connectivity index (χ3v) is 3.34. The highest BCUT2D eigenvalue weighted by atomic mass is 16.5. The monoisotopic (exact) mass is 313 g/mol. The molecule has 0 aliphatic carbocycles. The summed E-state index contributed by atoms with van der Waals surface area (Å²) >= 11 is 0. The number of ketones is 1. The van der Waals surface area contributed by atoms with Crippen LogP contribution in [0.15, 0.2) is 48.5 Å². The van der Waals surface area contributed by atoms with Crippen molar-refractivity contribution in [2.75, 3.05) is 19.5 Å². The molecule has 0 unspecified atom stereocenters. The van der Waals surface area contributed by atoms with E-state index < -0.39 is 0 Å². The van der Waals surface area contributed by atoms with Gasteiger partial charge in [0.05, 0.1) is 14.2 Å². The van der Waals surface area contributed by atoms with Crippen LogP contribution < -0.4 is 14.8 Å². The van der Waals surface area contributed by atoms with Gasteiger partial charge in [0.1, 0.15) is 0 Å². The van der Waals surface area contributed by atoms with Crippen LogP contribution >= 0.6 is 0 Å². The Morgan fingerprint density at radius 3 is 2.26 bits per heavy atom. The van der Waals surface area contributed by atoms with Crippen molar-refractivity contribution >= 4 is 17.4 Å². The Labute approximate surface area is 135 Å². The van der Waals surface area contributed by atoms with E-state index in [2.05, 4.69) is 5.32 Å². The Balaban J connectivity index is 1.91. The molecule has 0 aliphatic heterocycles. The summed E-state index contributed by atoms with van der Waals surface area (Å²) in [5.41, 5.74) is 1.21. The molecule has 0 radical (unpaired) electrons. The number of nitrogens with one attached hydrogen (secondary N) is 1. The zero-order valence-electron chi connectivity index (χ0n) is 13.2. The van der Waals surface area contributed by atoms with Crippen LogP contribution in [0.25, 0.3) is 0 Å². The lowest BCUT2D eigenvalue weighted by atomic mass is 10.1. The van der Waals surface area contributed by atoms with Crippen molar-refractivity contribution in [2.45, 2.75) is 12.8 Å². The molecule has 0 bridgehead atoms. The maximum absolute atomic E-state index is 12.0. The third kappa shape index (κ3) is 4.57. The Morgan fingerprint density at radius 1 is 0.913 bits per heavy atom. The number of Topliss-reactive ketones (excluding diaryl/α,β-unsaturated/α-hetero) is 1. The summed E-state index contributed by atoms with van der Waals surface area (Å²) in [6.07, 6.45) is 0.297. The van der Waals surface area contributed by atoms with Crippen molar-refractivity contribution in [3.05, 3.63) is 54.1 Å². The lowest BCUT2D eigenvalue weighted by Gasteiger charge is -2.10. The molecule has 5 nitrogen and oxygen atoms in total. The summed E-state index contributed by atoms with van der Waals surface area (Å²) in [6.45, 7) is 0. The molecular formula is C18H19NO4. The quantitative estimate of drug-likeness (QED) is 0.797. The second kappa shape index (κ2) is 7.98. The molecule has 0 aromatic heterocycles. The first-order valence-corrected chi connectivity index (χ1v) is 7.24. The van der Waals surface area contributed by atoms with Crippen LogP contribution in [0.2, 0.25) is 0 Å². The Morgan fingerprint density at radius 2 is 1.61 bits per heavy atom. The predicted octanol–water partition coefficient (Wildman–Crippen LogP) is 3.31. The van der Waals surface area contributed by atoms with Gasteiger partial charge < -0.3 is 14.8 Å². The minimum Gasteiger partial charge on any atom is -0.493 e. The van der Waals surface area contributed by atoms with E-state index in [0.717, 1.165) is 0 Å². The number of rotatable bonds is 7. The number of benzene rings is 2. The highest BCUT2D eigenvalue weighted by Crippen LogP contribution is 2.29. The first kappa shape index (κ1) is 16.5. The molecule has 120 valence electrons. The van der Waals surface area contributed by atoms with Crippen LogP contribution in [0.4, 0.5) is 5.69 Å². The number of amides is 1. The van der Waals surface area contributed by atoms with E-state index in [4.69, 9.17) is 9.47 Å². The van der Waals surface area contributed by atoms with Gasteiger partial charge in [0, 0.05) is 30.2 Å². The summed E-state index contributed by atoms with van der Waals surface area (Å²) in [5.74, 6) is 0.852. The number of ether oxygens (including phenoxy) is 2. The Kier molecular flexibility index (Phi) is 5.74. The van der Waals surface area contributed by atoms with Gasteiger partial charge in [-0.05, 0) is 12.1 Å². The Hall–Kier alpha value is -2.82. The fraction of sp³-hybridized carbons (Fsp3) is 0.222. The number of anilines is 1. The first-order chi connectivity index (χ1) is 11.1. The molecule has 23 heavy (non-hydrogen) atoms. The van der Waals surface area contributed by atoms with Crippen molar-refractivity contribution in [3.8, 4) is 11.5 Å². The van der Waals surface area contributed by atoms with Crippen LogP contribution in [-0.4, -0.2) is 25.9 Å². The summed E-state index contributed by atoms with van der Waals surface area (Å²) < 4.78 is 10.3. The van der Waals surface area contributed by atoms with Gasteiger partial charge in [0.25, 0.3) is 0 Å². The third-order valence-electron chi connectivity index (χ3n) is 3.34. The van der Waals surface area contributed by atoms with Gasteiger partial charge in [-0.25, -0.2) is 0 Å². The number of methoxy groups -OCH3 is 2. The number of hydrogen-bond acceptors (Lipinski definition) is 4. The first-order valence-electron chi connectivity index (χ1n) is 7.24. The maximum Gasteiger partial charge on any atom is 0.224 e. The normalized spacial score (nSPS) is 10.0. The van der Waals surface area contributed by atoms with Crippen LogP contribution in [0.1, 0.15) is 23.2 Å². The van der Waals surface area contributed by atoms with E-state index in [1.165, 1.54) is 7.11 Å². The van der Waals surface area contributed by atoms with Gasteiger partial charge in [-0.2, -0.15) is 0 Å². The van der Waals surface area contributed by atoms with Crippen LogP contribution in [0, 0.1) is 0 Å². The van der Waals surface area contributed by atoms with Crippen molar-refractivity contribution in [2.24, 2.45) is 0 Å². The topological polar surface area (TPSA) is 64.6 Å². The molecule has 1 amide bonds. The van der Waals surface area contributed by atoms with Crippen molar-refractivity contribution in [1.82, 2.24) is 0 Å². The molecule has 0 heterocycles. The largest absolute Gasteiger partial charge is 0.493 e. The van der Waals surface area contributed by atoms with E-state index >= 15 is 0 Å². The van der Waals surface area contributed by atoms with Crippen LogP contribution in [0.3, 0.4) is 0 Å². The van der Waals surface area contributed by atoms with Crippen molar-refractivity contribution in [1.29, 1.82) is 0 Å². The highest BCUT2D eigenvalue weighted by Gasteiger charge is 2.10. The molecule has 0 atom stereocenters. The minimum atomic E-state index is -0.221. The van der Waals surface area contributed by atoms with Crippen molar-refractivity contribution < 1.29 is 19.1 Å². The van der Waals surface area contributed by atoms with E-state index in [9.17, 15) is 9.59 Å². The molecule has 1 N–H and O–H groups in total. The molecular weight excluding hydrogens is 294 g/mol. The fourth-order valence-corrected chi connectivity index (χ4v) is 2.13. The highest BCUT2D eigenvalue weighted by molar-refractivity contribution is 6.00. The SMILES string of the molecule is COc1ccc(NC(=O)CCC(=O)c2ccccc2)cc1OC. The maximum atomic E-state index is 12.0. The summed E-state index contributed by atoms with van der Waals surface area (Å²) in [7, 11) is 3.08. The fourth-order valence-electron chi connectivity index (χ4n) is 2.13. The minimum absolute atomic E-state index is 0.0481. The van der Waals surface area contributed by atoms with Gasteiger partial charge in [-0.15, -0.1) is 0 Å². The molecule has 0 spiro atoms. The van der Waals surface area contributed by atoms with E-state index in [-0.39, 0.29) is 24.5 Å². The van der Waals surface area contributed by atoms with E-state index in [0.29, 0.717) is 22.7 Å². The molecule has 0 fully saturated rings. The summed E-state index contributed by atoms with van der Waals surface area (Å²) in [4.78, 5) is 23.9. The van der Waals surface area contributed by atoms with Gasteiger partial charge in [0.2, 0.25) is 5.91 Å². The van der Waals surface area contributed by atoms with E-state index in [1.807, 2.05) is 6.07 Å². The molecule has 5 heteroatoms. The standard InChI is InChI=1S/C18H19NO4/c1-22-16-10-8-14(12-17(16)23-2)19-18(21)11-9-15(20)13-6-4-3-5-7-13/h3-8,10,12H,9,11H2,1-2H3,(H,19,21). The molecule has 2 aromatic rings. The zero-order valence-corrected chi connectivity index (χ0v) is 13.2. The summed E-state index contributed by atoms with van der Waals surface area (Å²) in [5, 5.41) is 2.75. The van der Waals surface area contributed by atoms with Gasteiger partial charge in [-0.1, -0.05) is 30.3 Å². The number of carbonyl (C=O) groups is 2. The average Bonchev–Trinajstić information content (AvgIpc) is 2.60. The van der Waals surface area contributed by atoms with E-state index in [1.54, 1.807) is 49.6 Å². The molecule has 0 saturated carbocycles. The van der Waals surface area contributed by atoms with Crippen LogP contribution in [-0.2, 0) is 4.79 Å². The lowest BCUT2D eigenvalue weighted by Crippen LogP contribution is -2.13. The average molecular weight is 313 g/mol. The second-order valence-electron chi connectivity index (χ2n) is 4.91. The number of carbonyl (C=O) groups excluding carboxylic acids is 2. The van der Waals surface area contributed by atoms with Gasteiger partial charge in [0.15, 0.2) is 17.3 Å². The smallest absolute Gasteiger partial charge is 0.224 e. The molecule has 0 saturated heterocycles. The zero-order chi connectivity index (χ0) is 16.7. The second-order valence-corrected chi connectivity index (χ2v) is 4.91. The summed E-state index contributed by atoms with van der Waals surface area (Å²) in [6, 6.07) is 14.1. The van der Waals surface area contributed by atoms with Gasteiger partial charge in [-0.3, -0.25) is 9.59 Å². The lowest BCUT2D eigenvalue weighted by molar-refractivity contribution is -0.116. The van der Waals surface area contributed by atoms with Gasteiger partial charge >= 0.3 is 0 Å². The number of hydrogen-bond donors (Lipinski definition) is 1. The molecule has 2 rings (SSSR count). The van der Waals surface area contributed by atoms with Crippen molar-refractivity contribution in [3.63, 3.8) is 0 Å².